The van der Waals surface area contributed by atoms with Crippen molar-refractivity contribution in [3.8, 4) is 0 Å². The van der Waals surface area contributed by atoms with Gasteiger partial charge in [-0.05, 0) is 7.05 Å². The fourth-order valence-electron chi connectivity index (χ4n) is 2.05. The lowest BCUT2D eigenvalue weighted by Crippen LogP contribution is -2.40. The first kappa shape index (κ1) is 12.0. The Balaban J connectivity index is 1.99. The van der Waals surface area contributed by atoms with E-state index in [-0.39, 0.29) is 12.6 Å². The Hall–Kier alpha value is -1.47. The van der Waals surface area contributed by atoms with E-state index >= 15 is 0 Å². The highest BCUT2D eigenvalue weighted by Gasteiger charge is 2.36. The summed E-state index contributed by atoms with van der Waals surface area (Å²) >= 11 is 0. The summed E-state index contributed by atoms with van der Waals surface area (Å²) in [7, 11) is 3.68. The number of nitrogens with zero attached hydrogens (tertiary/aromatic N) is 4. The molecule has 7 nitrogen and oxygen atoms in total. The molecule has 1 aliphatic rings. The maximum Gasteiger partial charge on any atom is 0.310 e. The minimum Gasteiger partial charge on any atom is -0.481 e. The number of carbonyl (C=O) groups is 1. The van der Waals surface area contributed by atoms with Crippen molar-refractivity contribution in [1.29, 1.82) is 0 Å². The molecule has 1 fully saturated rings. The predicted octanol–water partition coefficient (Wildman–Crippen LogP) is -0.653. The second-order valence-corrected chi connectivity index (χ2v) is 4.35. The molecule has 0 amide bonds. The zero-order valence-electron chi connectivity index (χ0n) is 9.91. The van der Waals surface area contributed by atoms with Crippen LogP contribution in [0.15, 0.2) is 6.20 Å². The van der Waals surface area contributed by atoms with Gasteiger partial charge in [-0.15, -0.1) is 5.10 Å². The van der Waals surface area contributed by atoms with Crippen LogP contribution in [0.3, 0.4) is 0 Å². The summed E-state index contributed by atoms with van der Waals surface area (Å²) in [5.41, 5.74) is 0.825. The first-order valence-corrected chi connectivity index (χ1v) is 5.44. The number of likely N-dealkylation sites (N-methyl/N-ethyl adjacent to an activating group) is 1. The van der Waals surface area contributed by atoms with Gasteiger partial charge in [0, 0.05) is 25.8 Å². The van der Waals surface area contributed by atoms with Gasteiger partial charge in [-0.1, -0.05) is 5.21 Å². The van der Waals surface area contributed by atoms with Crippen molar-refractivity contribution in [2.75, 3.05) is 20.3 Å². The van der Waals surface area contributed by atoms with E-state index in [2.05, 4.69) is 10.3 Å². The van der Waals surface area contributed by atoms with Gasteiger partial charge >= 0.3 is 5.97 Å². The summed E-state index contributed by atoms with van der Waals surface area (Å²) in [4.78, 5) is 13.0. The monoisotopic (exact) mass is 240 g/mol. The highest BCUT2D eigenvalue weighted by atomic mass is 16.5. The molecule has 0 saturated carbocycles. The number of aromatic nitrogens is 3. The molecule has 0 spiro atoms. The Bertz CT molecular complexity index is 406. The molecule has 17 heavy (non-hydrogen) atoms. The summed E-state index contributed by atoms with van der Waals surface area (Å²) in [5, 5.41) is 16.9. The molecular formula is C10H16N4O3. The van der Waals surface area contributed by atoms with Gasteiger partial charge in [-0.3, -0.25) is 14.4 Å². The summed E-state index contributed by atoms with van der Waals surface area (Å²) < 4.78 is 6.86. The summed E-state index contributed by atoms with van der Waals surface area (Å²) in [6, 6.07) is -0.102. The fraction of sp³-hybridized carbons (Fsp3) is 0.700. The zero-order chi connectivity index (χ0) is 12.4. The van der Waals surface area contributed by atoms with Gasteiger partial charge in [0.2, 0.25) is 0 Å². The molecule has 1 saturated heterocycles. The molecule has 94 valence electrons. The van der Waals surface area contributed by atoms with E-state index in [0.717, 1.165) is 5.69 Å². The lowest BCUT2D eigenvalue weighted by molar-refractivity contribution is -0.143. The van der Waals surface area contributed by atoms with Gasteiger partial charge in [-0.2, -0.15) is 0 Å². The van der Waals surface area contributed by atoms with Crippen LogP contribution < -0.4 is 0 Å². The zero-order valence-corrected chi connectivity index (χ0v) is 9.91. The van der Waals surface area contributed by atoms with E-state index < -0.39 is 11.9 Å². The number of hydrogen-bond acceptors (Lipinski definition) is 5. The lowest BCUT2D eigenvalue weighted by atomic mass is 10.0. The third-order valence-corrected chi connectivity index (χ3v) is 3.00. The van der Waals surface area contributed by atoms with Crippen LogP contribution in [-0.2, 0) is 23.1 Å². The van der Waals surface area contributed by atoms with Crippen LogP contribution in [0.4, 0.5) is 0 Å². The minimum atomic E-state index is -0.807. The first-order chi connectivity index (χ1) is 8.08. The molecule has 2 heterocycles. The van der Waals surface area contributed by atoms with E-state index in [4.69, 9.17) is 9.84 Å². The van der Waals surface area contributed by atoms with Gasteiger partial charge in [-0.25, -0.2) is 0 Å². The Morgan fingerprint density at radius 1 is 1.71 bits per heavy atom. The quantitative estimate of drug-likeness (QED) is 0.753. The van der Waals surface area contributed by atoms with Crippen LogP contribution in [0.2, 0.25) is 0 Å². The number of rotatable bonds is 4. The van der Waals surface area contributed by atoms with Gasteiger partial charge in [0.05, 0.1) is 24.8 Å². The highest BCUT2D eigenvalue weighted by Crippen LogP contribution is 2.20. The van der Waals surface area contributed by atoms with Gasteiger partial charge in [0.25, 0.3) is 0 Å². The molecule has 1 aliphatic heterocycles. The largest absolute Gasteiger partial charge is 0.481 e. The molecule has 7 heteroatoms. The van der Waals surface area contributed by atoms with Crippen LogP contribution in [0.5, 0.6) is 0 Å². The first-order valence-electron chi connectivity index (χ1n) is 5.44. The SMILES string of the molecule is CN(Cc1cn(C)nn1)C1COCC1C(=O)O. The normalized spacial score (nSPS) is 24.4. The summed E-state index contributed by atoms with van der Waals surface area (Å²) in [5.74, 6) is -1.27. The number of hydrogen-bond donors (Lipinski definition) is 1. The molecule has 2 atom stereocenters. The number of aryl methyl sites for hydroxylation is 1. The predicted molar refractivity (Wildman–Crippen MR) is 58.2 cm³/mol. The molecule has 1 aromatic heterocycles. The van der Waals surface area contributed by atoms with Crippen LogP contribution in [0.25, 0.3) is 0 Å². The maximum atomic E-state index is 11.0. The fourth-order valence-corrected chi connectivity index (χ4v) is 2.05. The van der Waals surface area contributed by atoms with Gasteiger partial charge < -0.3 is 9.84 Å². The van der Waals surface area contributed by atoms with Gasteiger partial charge in [0.1, 0.15) is 0 Å². The van der Waals surface area contributed by atoms with Crippen LogP contribution in [0, 0.1) is 5.92 Å². The van der Waals surface area contributed by atoms with E-state index in [0.29, 0.717) is 13.2 Å². The van der Waals surface area contributed by atoms with Crippen molar-refractivity contribution in [2.45, 2.75) is 12.6 Å². The second kappa shape index (κ2) is 4.80. The Morgan fingerprint density at radius 3 is 3.06 bits per heavy atom. The molecule has 0 aromatic carbocycles. The van der Waals surface area contributed by atoms with Crippen LogP contribution in [0.1, 0.15) is 5.69 Å². The van der Waals surface area contributed by atoms with Crippen LogP contribution in [-0.4, -0.2) is 57.3 Å². The average molecular weight is 240 g/mol. The smallest absolute Gasteiger partial charge is 0.310 e. The summed E-state index contributed by atoms with van der Waals surface area (Å²) in [6.45, 7) is 1.31. The molecule has 1 N–H and O–H groups in total. The Kier molecular flexibility index (Phi) is 3.39. The van der Waals surface area contributed by atoms with Crippen molar-refractivity contribution in [3.05, 3.63) is 11.9 Å². The molecule has 1 aromatic rings. The van der Waals surface area contributed by atoms with Crippen molar-refractivity contribution in [2.24, 2.45) is 13.0 Å². The third-order valence-electron chi connectivity index (χ3n) is 3.00. The maximum absolute atomic E-state index is 11.0. The molecule has 0 aliphatic carbocycles. The molecule has 0 bridgehead atoms. The van der Waals surface area contributed by atoms with E-state index in [9.17, 15) is 4.79 Å². The summed E-state index contributed by atoms with van der Waals surface area (Å²) in [6.07, 6.45) is 1.82. The number of ether oxygens (including phenoxy) is 1. The number of carboxylic acid groups (broad SMARTS) is 1. The van der Waals surface area contributed by atoms with Crippen LogP contribution >= 0.6 is 0 Å². The molecule has 2 rings (SSSR count). The highest BCUT2D eigenvalue weighted by molar-refractivity contribution is 5.71. The average Bonchev–Trinajstić information content (AvgIpc) is 2.86. The van der Waals surface area contributed by atoms with Crippen molar-refractivity contribution >= 4 is 5.97 Å². The second-order valence-electron chi connectivity index (χ2n) is 4.35. The number of carboxylic acids is 1. The van der Waals surface area contributed by atoms with Crippen molar-refractivity contribution in [3.63, 3.8) is 0 Å². The van der Waals surface area contributed by atoms with E-state index in [1.165, 1.54) is 0 Å². The minimum absolute atomic E-state index is 0.102. The Morgan fingerprint density at radius 2 is 2.47 bits per heavy atom. The van der Waals surface area contributed by atoms with E-state index in [1.807, 2.05) is 18.1 Å². The molecular weight excluding hydrogens is 224 g/mol. The standard InChI is InChI=1S/C10H16N4O3/c1-13(3-7-4-14(2)12-11-7)9-6-17-5-8(9)10(15)16/h4,8-9H,3,5-6H2,1-2H3,(H,15,16). The van der Waals surface area contributed by atoms with Crippen molar-refractivity contribution < 1.29 is 14.6 Å². The molecule has 0 radical (unpaired) electrons. The van der Waals surface area contributed by atoms with Gasteiger partial charge in [0.15, 0.2) is 0 Å². The van der Waals surface area contributed by atoms with Crippen molar-refractivity contribution in [1.82, 2.24) is 19.9 Å². The topological polar surface area (TPSA) is 80.5 Å². The molecule has 2 unspecified atom stereocenters. The number of aliphatic carboxylic acids is 1. The third kappa shape index (κ3) is 2.62. The van der Waals surface area contributed by atoms with E-state index in [1.54, 1.807) is 11.7 Å². The Labute approximate surface area is 99.0 Å². The lowest BCUT2D eigenvalue weighted by Gasteiger charge is -2.24.